The van der Waals surface area contributed by atoms with Crippen molar-refractivity contribution in [2.24, 2.45) is 0 Å². The molecule has 3 rings (SSSR count). The van der Waals surface area contributed by atoms with Gasteiger partial charge in [0.05, 0.1) is 6.26 Å². The Morgan fingerprint density at radius 3 is 2.32 bits per heavy atom. The van der Waals surface area contributed by atoms with Gasteiger partial charge in [-0.25, -0.2) is 0 Å². The molecule has 2 aromatic carbocycles. The molecular weight excluding hydrogens is 342 g/mol. The van der Waals surface area contributed by atoms with Gasteiger partial charge in [0.1, 0.15) is 11.8 Å². The zero-order valence-corrected chi connectivity index (χ0v) is 13.3. The Balaban J connectivity index is 1.87. The van der Waals surface area contributed by atoms with Crippen LogP contribution in [-0.4, -0.2) is 5.91 Å². The molecule has 1 aromatic heterocycles. The van der Waals surface area contributed by atoms with Crippen molar-refractivity contribution in [1.29, 1.82) is 0 Å². The number of carbonyl (C=O) groups is 1. The average molecular weight is 356 g/mol. The molecule has 1 amide bonds. The Kier molecular flexibility index (Phi) is 4.39. The molecule has 3 nitrogen and oxygen atoms in total. The number of nitrogens with one attached hydrogen (secondary N) is 1. The van der Waals surface area contributed by atoms with E-state index in [1.165, 1.54) is 0 Å². The number of furan rings is 1. The lowest BCUT2D eigenvalue weighted by molar-refractivity contribution is 0.0939. The quantitative estimate of drug-likeness (QED) is 0.745. The van der Waals surface area contributed by atoms with E-state index < -0.39 is 0 Å². The topological polar surface area (TPSA) is 42.2 Å². The van der Waals surface area contributed by atoms with E-state index in [1.54, 1.807) is 18.4 Å². The molecule has 0 aliphatic rings. The summed E-state index contributed by atoms with van der Waals surface area (Å²) < 4.78 is 6.42. The summed E-state index contributed by atoms with van der Waals surface area (Å²) in [5, 5.41) is 3.02. The molecular formula is C18H14BrNO2. The van der Waals surface area contributed by atoms with Gasteiger partial charge in [0.15, 0.2) is 0 Å². The highest BCUT2D eigenvalue weighted by molar-refractivity contribution is 9.10. The fourth-order valence-corrected chi connectivity index (χ4v) is 2.50. The largest absolute Gasteiger partial charge is 0.467 e. The van der Waals surface area contributed by atoms with Crippen molar-refractivity contribution in [2.75, 3.05) is 0 Å². The Hall–Kier alpha value is -2.33. The summed E-state index contributed by atoms with van der Waals surface area (Å²) in [6.45, 7) is 0. The van der Waals surface area contributed by atoms with Crippen molar-refractivity contribution in [3.63, 3.8) is 0 Å². The number of benzene rings is 2. The van der Waals surface area contributed by atoms with Gasteiger partial charge >= 0.3 is 0 Å². The van der Waals surface area contributed by atoms with Crippen LogP contribution >= 0.6 is 15.9 Å². The molecule has 0 spiro atoms. The van der Waals surface area contributed by atoms with Crippen LogP contribution in [0.15, 0.2) is 81.9 Å². The van der Waals surface area contributed by atoms with E-state index in [0.717, 1.165) is 10.0 Å². The Bertz CT molecular complexity index is 737. The summed E-state index contributed by atoms with van der Waals surface area (Å²) in [5.74, 6) is 0.564. The monoisotopic (exact) mass is 355 g/mol. The van der Waals surface area contributed by atoms with Crippen molar-refractivity contribution >= 4 is 21.8 Å². The van der Waals surface area contributed by atoms with Crippen molar-refractivity contribution < 1.29 is 9.21 Å². The van der Waals surface area contributed by atoms with Gasteiger partial charge in [-0.05, 0) is 42.0 Å². The highest BCUT2D eigenvalue weighted by Gasteiger charge is 2.19. The van der Waals surface area contributed by atoms with Gasteiger partial charge in [0.2, 0.25) is 0 Å². The van der Waals surface area contributed by atoms with Gasteiger partial charge in [-0.1, -0.05) is 46.3 Å². The van der Waals surface area contributed by atoms with Crippen LogP contribution in [0, 0.1) is 0 Å². The fourth-order valence-electron chi connectivity index (χ4n) is 2.24. The normalized spacial score (nSPS) is 11.9. The van der Waals surface area contributed by atoms with Crippen LogP contribution < -0.4 is 5.32 Å². The SMILES string of the molecule is O=C(N[C@H](c1ccccc1)c1ccco1)c1ccc(Br)cc1. The van der Waals surface area contributed by atoms with E-state index in [2.05, 4.69) is 21.2 Å². The standard InChI is InChI=1S/C18H14BrNO2/c19-15-10-8-14(9-11-15)18(21)20-17(16-7-4-12-22-16)13-5-2-1-3-6-13/h1-12,17H,(H,20,21)/t17-/m1/s1. The van der Waals surface area contributed by atoms with Crippen molar-refractivity contribution in [2.45, 2.75) is 6.04 Å². The van der Waals surface area contributed by atoms with Gasteiger partial charge in [0.25, 0.3) is 5.91 Å². The molecule has 0 aliphatic heterocycles. The van der Waals surface area contributed by atoms with E-state index in [4.69, 9.17) is 4.42 Å². The highest BCUT2D eigenvalue weighted by atomic mass is 79.9. The second-order valence-corrected chi connectivity index (χ2v) is 5.76. The number of hydrogen-bond donors (Lipinski definition) is 1. The molecule has 1 atom stereocenters. The minimum atomic E-state index is -0.313. The maximum Gasteiger partial charge on any atom is 0.252 e. The Morgan fingerprint density at radius 1 is 0.955 bits per heavy atom. The molecule has 1 N–H and O–H groups in total. The van der Waals surface area contributed by atoms with Gasteiger partial charge in [-0.15, -0.1) is 0 Å². The summed E-state index contributed by atoms with van der Waals surface area (Å²) in [4.78, 5) is 12.5. The van der Waals surface area contributed by atoms with Crippen LogP contribution in [0.2, 0.25) is 0 Å². The fraction of sp³-hybridized carbons (Fsp3) is 0.0556. The molecule has 0 bridgehead atoms. The second kappa shape index (κ2) is 6.62. The predicted molar refractivity (Wildman–Crippen MR) is 88.6 cm³/mol. The first-order chi connectivity index (χ1) is 10.7. The van der Waals surface area contributed by atoms with Crippen LogP contribution in [0.4, 0.5) is 0 Å². The summed E-state index contributed by atoms with van der Waals surface area (Å²) in [6, 6.07) is 20.4. The lowest BCUT2D eigenvalue weighted by Gasteiger charge is -2.17. The van der Waals surface area contributed by atoms with Crippen LogP contribution in [-0.2, 0) is 0 Å². The van der Waals surface area contributed by atoms with E-state index in [0.29, 0.717) is 11.3 Å². The number of hydrogen-bond acceptors (Lipinski definition) is 2. The van der Waals surface area contributed by atoms with Gasteiger partial charge in [0, 0.05) is 10.0 Å². The minimum absolute atomic E-state index is 0.141. The maximum atomic E-state index is 12.5. The lowest BCUT2D eigenvalue weighted by atomic mass is 10.0. The van der Waals surface area contributed by atoms with Crippen LogP contribution in [0.3, 0.4) is 0 Å². The lowest BCUT2D eigenvalue weighted by Crippen LogP contribution is -2.29. The first-order valence-corrected chi connectivity index (χ1v) is 7.68. The van der Waals surface area contributed by atoms with Crippen LogP contribution in [0.25, 0.3) is 0 Å². The third-order valence-corrected chi connectivity index (χ3v) is 3.87. The van der Waals surface area contributed by atoms with Crippen molar-refractivity contribution in [1.82, 2.24) is 5.32 Å². The van der Waals surface area contributed by atoms with Crippen LogP contribution in [0.5, 0.6) is 0 Å². The zero-order chi connectivity index (χ0) is 15.4. The molecule has 0 radical (unpaired) electrons. The molecule has 0 fully saturated rings. The Labute approximate surface area is 137 Å². The molecule has 22 heavy (non-hydrogen) atoms. The van der Waals surface area contributed by atoms with E-state index in [-0.39, 0.29) is 11.9 Å². The van der Waals surface area contributed by atoms with Gasteiger partial charge < -0.3 is 9.73 Å². The van der Waals surface area contributed by atoms with E-state index in [1.807, 2.05) is 54.6 Å². The van der Waals surface area contributed by atoms with E-state index in [9.17, 15) is 4.79 Å². The van der Waals surface area contributed by atoms with Gasteiger partial charge in [-0.3, -0.25) is 4.79 Å². The summed E-state index contributed by atoms with van der Waals surface area (Å²) in [5.41, 5.74) is 1.58. The Morgan fingerprint density at radius 2 is 1.68 bits per heavy atom. The zero-order valence-electron chi connectivity index (χ0n) is 11.7. The maximum absolute atomic E-state index is 12.5. The smallest absolute Gasteiger partial charge is 0.252 e. The summed E-state index contributed by atoms with van der Waals surface area (Å²) in [7, 11) is 0. The molecule has 110 valence electrons. The van der Waals surface area contributed by atoms with Gasteiger partial charge in [-0.2, -0.15) is 0 Å². The summed E-state index contributed by atoms with van der Waals surface area (Å²) >= 11 is 3.37. The predicted octanol–water partition coefficient (Wildman–Crippen LogP) is 4.56. The summed E-state index contributed by atoms with van der Waals surface area (Å²) in [6.07, 6.45) is 1.61. The van der Waals surface area contributed by atoms with E-state index >= 15 is 0 Å². The highest BCUT2D eigenvalue weighted by Crippen LogP contribution is 2.23. The minimum Gasteiger partial charge on any atom is -0.467 e. The average Bonchev–Trinajstić information content (AvgIpc) is 3.08. The second-order valence-electron chi connectivity index (χ2n) is 4.84. The van der Waals surface area contributed by atoms with Crippen molar-refractivity contribution in [3.8, 4) is 0 Å². The first kappa shape index (κ1) is 14.6. The molecule has 0 unspecified atom stereocenters. The van der Waals surface area contributed by atoms with Crippen molar-refractivity contribution in [3.05, 3.63) is 94.4 Å². The number of carbonyl (C=O) groups excluding carboxylic acids is 1. The molecule has 3 aromatic rings. The first-order valence-electron chi connectivity index (χ1n) is 6.89. The third-order valence-electron chi connectivity index (χ3n) is 3.34. The molecule has 0 saturated heterocycles. The molecule has 4 heteroatoms. The van der Waals surface area contributed by atoms with Crippen LogP contribution in [0.1, 0.15) is 27.7 Å². The third kappa shape index (κ3) is 3.28. The number of amides is 1. The molecule has 0 saturated carbocycles. The number of rotatable bonds is 4. The molecule has 1 heterocycles. The molecule has 0 aliphatic carbocycles. The number of halogens is 1.